The number of anilines is 2. The maximum Gasteiger partial charge on any atom is 0.272 e. The van der Waals surface area contributed by atoms with Gasteiger partial charge in [0.2, 0.25) is 5.91 Å². The summed E-state index contributed by atoms with van der Waals surface area (Å²) in [6.45, 7) is 2.77. The van der Waals surface area contributed by atoms with Crippen LogP contribution in [-0.4, -0.2) is 24.3 Å². The number of rotatable bonds is 15. The van der Waals surface area contributed by atoms with Crippen LogP contribution in [0.4, 0.5) is 11.4 Å². The number of hydrogen-bond acceptors (Lipinski definition) is 6. The van der Waals surface area contributed by atoms with Crippen molar-refractivity contribution in [1.82, 2.24) is 5.32 Å². The molecule has 0 aliphatic heterocycles. The van der Waals surface area contributed by atoms with E-state index in [1.807, 2.05) is 109 Å². The lowest BCUT2D eigenvalue weighted by Gasteiger charge is -2.18. The van der Waals surface area contributed by atoms with Gasteiger partial charge in [-0.15, -0.1) is 11.8 Å². The third kappa shape index (κ3) is 10.4. The fourth-order valence-corrected chi connectivity index (χ4v) is 6.33. The van der Waals surface area contributed by atoms with Crippen LogP contribution in [0.5, 0.6) is 5.75 Å². The molecular weight excluding hydrogens is 683 g/mol. The maximum atomic E-state index is 13.7. The number of hydrogen-bond donors (Lipinski definition) is 3. The fraction of sp³-hybridized carbons (Fsp3) is 0.114. The highest BCUT2D eigenvalue weighted by Crippen LogP contribution is 2.37. The summed E-state index contributed by atoms with van der Waals surface area (Å²) in [5.41, 5.74) is 3.33. The van der Waals surface area contributed by atoms with Crippen LogP contribution in [0.15, 0.2) is 167 Å². The third-order valence-electron chi connectivity index (χ3n) is 8.10. The van der Waals surface area contributed by atoms with Crippen LogP contribution in [0.2, 0.25) is 0 Å². The standard InChI is InChI=1S/C44H39N3O5S/c1-2-3-29-51-36-23-19-34(20-24-36)46-44(50)41(32-15-9-5-10-16-32)53-38-26-21-35(22-27-38)45-43(49)39(47-42(48)33-17-11-6-12-18-33)30-37-25-28-40(52-37)31-13-7-4-8-14-31/h4-28,30,41H,2-3,29H2,1H3,(H,45,49)(H,46,50)(H,47,48)/b39-30+/t41-/m0/s1. The molecule has 266 valence electrons. The van der Waals surface area contributed by atoms with Gasteiger partial charge in [-0.3, -0.25) is 14.4 Å². The summed E-state index contributed by atoms with van der Waals surface area (Å²) in [4.78, 5) is 41.3. The minimum absolute atomic E-state index is 0.00707. The molecule has 5 aromatic carbocycles. The van der Waals surface area contributed by atoms with Crippen molar-refractivity contribution in [2.24, 2.45) is 0 Å². The summed E-state index contributed by atoms with van der Waals surface area (Å²) >= 11 is 1.40. The van der Waals surface area contributed by atoms with Crippen molar-refractivity contribution < 1.29 is 23.5 Å². The Kier molecular flexibility index (Phi) is 12.6. The highest BCUT2D eigenvalue weighted by molar-refractivity contribution is 8.00. The zero-order valence-corrected chi connectivity index (χ0v) is 30.0. The Bertz CT molecular complexity index is 2130. The Hall–Kier alpha value is -6.32. The van der Waals surface area contributed by atoms with E-state index in [9.17, 15) is 14.4 Å². The molecule has 0 radical (unpaired) electrons. The van der Waals surface area contributed by atoms with Gasteiger partial charge in [0.25, 0.3) is 11.8 Å². The topological polar surface area (TPSA) is 110 Å². The van der Waals surface area contributed by atoms with Crippen molar-refractivity contribution in [1.29, 1.82) is 0 Å². The van der Waals surface area contributed by atoms with E-state index >= 15 is 0 Å². The third-order valence-corrected chi connectivity index (χ3v) is 9.36. The lowest BCUT2D eigenvalue weighted by molar-refractivity contribution is -0.116. The van der Waals surface area contributed by atoms with Crippen molar-refractivity contribution >= 4 is 46.9 Å². The Morgan fingerprint density at radius 2 is 1.34 bits per heavy atom. The molecule has 3 N–H and O–H groups in total. The van der Waals surface area contributed by atoms with Gasteiger partial charge in [0.05, 0.1) is 6.61 Å². The summed E-state index contributed by atoms with van der Waals surface area (Å²) in [5, 5.41) is 8.13. The van der Waals surface area contributed by atoms with Gasteiger partial charge >= 0.3 is 0 Å². The Labute approximate surface area is 313 Å². The number of carbonyl (C=O) groups excluding carboxylic acids is 3. The van der Waals surface area contributed by atoms with Gasteiger partial charge in [-0.25, -0.2) is 0 Å². The first-order chi connectivity index (χ1) is 25.9. The molecule has 53 heavy (non-hydrogen) atoms. The number of amides is 3. The van der Waals surface area contributed by atoms with Crippen LogP contribution in [0.1, 0.15) is 46.7 Å². The summed E-state index contributed by atoms with van der Waals surface area (Å²) in [7, 11) is 0. The second kappa shape index (κ2) is 18.3. The number of carbonyl (C=O) groups is 3. The van der Waals surface area contributed by atoms with Crippen molar-refractivity contribution in [3.63, 3.8) is 0 Å². The number of unbranched alkanes of at least 4 members (excludes halogenated alkanes) is 1. The summed E-state index contributed by atoms with van der Waals surface area (Å²) in [6, 6.07) is 46.0. The second-order valence-electron chi connectivity index (χ2n) is 12.0. The normalized spacial score (nSPS) is 11.7. The van der Waals surface area contributed by atoms with Crippen molar-refractivity contribution in [3.05, 3.63) is 174 Å². The average Bonchev–Trinajstić information content (AvgIpc) is 3.67. The molecule has 8 nitrogen and oxygen atoms in total. The van der Waals surface area contributed by atoms with Crippen LogP contribution in [0.3, 0.4) is 0 Å². The van der Waals surface area contributed by atoms with Crippen LogP contribution in [0.25, 0.3) is 17.4 Å². The maximum absolute atomic E-state index is 13.7. The molecule has 0 unspecified atom stereocenters. The molecule has 9 heteroatoms. The first kappa shape index (κ1) is 36.5. The zero-order chi connectivity index (χ0) is 36.8. The SMILES string of the molecule is CCCCOc1ccc(NC(=O)[C@@H](Sc2ccc(NC(=O)/C(=C\c3ccc(-c4ccccc4)o3)NC(=O)c3ccccc3)cc2)c2ccccc2)cc1. The van der Waals surface area contributed by atoms with E-state index < -0.39 is 17.1 Å². The molecule has 3 amide bonds. The number of nitrogens with one attached hydrogen (secondary N) is 3. The van der Waals surface area contributed by atoms with E-state index in [-0.39, 0.29) is 11.6 Å². The van der Waals surface area contributed by atoms with Crippen molar-refractivity contribution in [2.75, 3.05) is 17.2 Å². The van der Waals surface area contributed by atoms with Crippen LogP contribution in [0, 0.1) is 0 Å². The predicted molar refractivity (Wildman–Crippen MR) is 212 cm³/mol. The van der Waals surface area contributed by atoms with Crippen LogP contribution >= 0.6 is 11.8 Å². The van der Waals surface area contributed by atoms with Gasteiger partial charge in [0.15, 0.2) is 0 Å². The number of thioether (sulfide) groups is 1. The quantitative estimate of drug-likeness (QED) is 0.0553. The summed E-state index contributed by atoms with van der Waals surface area (Å²) in [5.74, 6) is 0.653. The molecule has 1 atom stereocenters. The Balaban J connectivity index is 1.16. The van der Waals surface area contributed by atoms with E-state index in [2.05, 4.69) is 22.9 Å². The van der Waals surface area contributed by atoms with E-state index in [4.69, 9.17) is 9.15 Å². The van der Waals surface area contributed by atoms with Crippen LogP contribution in [-0.2, 0) is 9.59 Å². The van der Waals surface area contributed by atoms with Gasteiger partial charge in [0.1, 0.15) is 28.2 Å². The first-order valence-corrected chi connectivity index (χ1v) is 18.2. The first-order valence-electron chi connectivity index (χ1n) is 17.4. The average molecular weight is 722 g/mol. The fourth-order valence-electron chi connectivity index (χ4n) is 5.30. The smallest absolute Gasteiger partial charge is 0.272 e. The molecule has 0 saturated heterocycles. The lowest BCUT2D eigenvalue weighted by atomic mass is 10.1. The highest BCUT2D eigenvalue weighted by Gasteiger charge is 2.23. The van der Waals surface area contributed by atoms with Crippen molar-refractivity contribution in [3.8, 4) is 17.1 Å². The molecule has 1 heterocycles. The van der Waals surface area contributed by atoms with E-state index in [0.717, 1.165) is 34.6 Å². The minimum Gasteiger partial charge on any atom is -0.494 e. The molecule has 0 aliphatic rings. The largest absolute Gasteiger partial charge is 0.494 e. The zero-order valence-electron chi connectivity index (χ0n) is 29.2. The monoisotopic (exact) mass is 721 g/mol. The van der Waals surface area contributed by atoms with Gasteiger partial charge in [-0.2, -0.15) is 0 Å². The molecule has 1 aromatic heterocycles. The lowest BCUT2D eigenvalue weighted by Crippen LogP contribution is -2.30. The molecule has 0 fully saturated rings. The van der Waals surface area contributed by atoms with E-state index in [1.165, 1.54) is 17.8 Å². The molecule has 0 bridgehead atoms. The molecular formula is C44H39N3O5S. The van der Waals surface area contributed by atoms with E-state index in [1.54, 1.807) is 42.5 Å². The van der Waals surface area contributed by atoms with Gasteiger partial charge in [-0.05, 0) is 84.8 Å². The molecule has 0 saturated carbocycles. The number of furan rings is 1. The van der Waals surface area contributed by atoms with E-state index in [0.29, 0.717) is 35.1 Å². The highest BCUT2D eigenvalue weighted by atomic mass is 32.2. The molecule has 6 rings (SSSR count). The number of benzene rings is 5. The Morgan fingerprint density at radius 1 is 0.717 bits per heavy atom. The van der Waals surface area contributed by atoms with Crippen molar-refractivity contribution in [2.45, 2.75) is 29.9 Å². The molecule has 6 aromatic rings. The molecule has 0 spiro atoms. The summed E-state index contributed by atoms with van der Waals surface area (Å²) in [6.07, 6.45) is 3.54. The summed E-state index contributed by atoms with van der Waals surface area (Å²) < 4.78 is 11.8. The predicted octanol–water partition coefficient (Wildman–Crippen LogP) is 10.0. The Morgan fingerprint density at radius 3 is 2.02 bits per heavy atom. The van der Waals surface area contributed by atoms with Gasteiger partial charge < -0.3 is 25.1 Å². The molecule has 0 aliphatic carbocycles. The van der Waals surface area contributed by atoms with Gasteiger partial charge in [0, 0.05) is 33.5 Å². The minimum atomic E-state index is -0.547. The van der Waals surface area contributed by atoms with Gasteiger partial charge in [-0.1, -0.05) is 92.2 Å². The van der Waals surface area contributed by atoms with Crippen LogP contribution < -0.4 is 20.7 Å². The number of ether oxygens (including phenoxy) is 1. The second-order valence-corrected chi connectivity index (χ2v) is 13.2.